The molecule has 1 aromatic rings. The van der Waals surface area contributed by atoms with E-state index in [2.05, 4.69) is 5.10 Å². The molecule has 1 N–H and O–H groups in total. The number of rotatable bonds is 3. The van der Waals surface area contributed by atoms with E-state index in [1.807, 2.05) is 0 Å². The van der Waals surface area contributed by atoms with E-state index in [9.17, 15) is 9.18 Å². The van der Waals surface area contributed by atoms with Gasteiger partial charge in [-0.3, -0.25) is 4.79 Å². The van der Waals surface area contributed by atoms with E-state index in [4.69, 9.17) is 5.11 Å². The zero-order valence-electron chi connectivity index (χ0n) is 6.35. The molecule has 66 valence electrons. The summed E-state index contributed by atoms with van der Waals surface area (Å²) in [4.78, 5) is 10.9. The molecule has 0 radical (unpaired) electrons. The SMILES string of the molecule is O=c1cccnn1CC(O)CF. The molecule has 0 aliphatic heterocycles. The lowest BCUT2D eigenvalue weighted by atomic mass is 10.4. The largest absolute Gasteiger partial charge is 0.388 e. The van der Waals surface area contributed by atoms with Gasteiger partial charge in [-0.25, -0.2) is 9.07 Å². The fourth-order valence-corrected chi connectivity index (χ4v) is 0.773. The van der Waals surface area contributed by atoms with E-state index < -0.39 is 12.8 Å². The molecule has 1 heterocycles. The third-order valence-electron chi connectivity index (χ3n) is 1.35. The quantitative estimate of drug-likeness (QED) is 0.673. The third kappa shape index (κ3) is 2.13. The average Bonchev–Trinajstić information content (AvgIpc) is 2.09. The average molecular weight is 172 g/mol. The smallest absolute Gasteiger partial charge is 0.266 e. The molecule has 1 aromatic heterocycles. The van der Waals surface area contributed by atoms with E-state index in [1.54, 1.807) is 0 Å². The summed E-state index contributed by atoms with van der Waals surface area (Å²) in [5, 5.41) is 12.5. The van der Waals surface area contributed by atoms with E-state index in [-0.39, 0.29) is 12.1 Å². The van der Waals surface area contributed by atoms with Crippen LogP contribution in [0.5, 0.6) is 0 Å². The molecule has 0 spiro atoms. The molecular weight excluding hydrogens is 163 g/mol. The highest BCUT2D eigenvalue weighted by atomic mass is 19.1. The maximum absolute atomic E-state index is 11.8. The number of aliphatic hydroxyl groups excluding tert-OH is 1. The van der Waals surface area contributed by atoms with Gasteiger partial charge in [0.2, 0.25) is 0 Å². The summed E-state index contributed by atoms with van der Waals surface area (Å²) < 4.78 is 12.8. The lowest BCUT2D eigenvalue weighted by Crippen LogP contribution is -2.28. The second kappa shape index (κ2) is 3.96. The Balaban J connectivity index is 2.76. The maximum Gasteiger partial charge on any atom is 0.266 e. The van der Waals surface area contributed by atoms with E-state index in [0.717, 1.165) is 4.68 Å². The Bertz CT molecular complexity index is 299. The monoisotopic (exact) mass is 172 g/mol. The van der Waals surface area contributed by atoms with Gasteiger partial charge in [-0.05, 0) is 6.07 Å². The van der Waals surface area contributed by atoms with Crippen LogP contribution in [0.2, 0.25) is 0 Å². The van der Waals surface area contributed by atoms with Crippen molar-refractivity contribution in [1.82, 2.24) is 9.78 Å². The lowest BCUT2D eigenvalue weighted by molar-refractivity contribution is 0.116. The van der Waals surface area contributed by atoms with Crippen LogP contribution in [0.15, 0.2) is 23.1 Å². The van der Waals surface area contributed by atoms with Gasteiger partial charge in [0.25, 0.3) is 5.56 Å². The summed E-state index contributed by atoms with van der Waals surface area (Å²) in [6.45, 7) is -0.973. The van der Waals surface area contributed by atoms with Gasteiger partial charge in [-0.1, -0.05) is 0 Å². The molecule has 0 aliphatic rings. The number of alkyl halides is 1. The number of halogens is 1. The van der Waals surface area contributed by atoms with E-state index in [0.29, 0.717) is 0 Å². The molecule has 0 amide bonds. The Kier molecular flexibility index (Phi) is 2.93. The zero-order valence-corrected chi connectivity index (χ0v) is 6.35. The molecule has 1 rings (SSSR count). The van der Waals surface area contributed by atoms with Crippen molar-refractivity contribution in [3.63, 3.8) is 0 Å². The van der Waals surface area contributed by atoms with Crippen molar-refractivity contribution in [3.05, 3.63) is 28.7 Å². The minimum Gasteiger partial charge on any atom is -0.388 e. The summed E-state index contributed by atoms with van der Waals surface area (Å²) in [7, 11) is 0. The summed E-state index contributed by atoms with van der Waals surface area (Å²) in [6.07, 6.45) is 0.254. The summed E-state index contributed by atoms with van der Waals surface area (Å²) in [6, 6.07) is 2.79. The topological polar surface area (TPSA) is 55.1 Å². The molecule has 12 heavy (non-hydrogen) atoms. The molecule has 5 heteroatoms. The standard InChI is InChI=1S/C7H9FN2O2/c8-4-6(11)5-10-7(12)2-1-3-9-10/h1-3,6,11H,4-5H2. The number of aliphatic hydroxyl groups is 1. The highest BCUT2D eigenvalue weighted by Gasteiger charge is 2.04. The third-order valence-corrected chi connectivity index (χ3v) is 1.35. The molecule has 4 nitrogen and oxygen atoms in total. The highest BCUT2D eigenvalue weighted by molar-refractivity contribution is 4.84. The van der Waals surface area contributed by atoms with Gasteiger partial charge in [0.05, 0.1) is 6.54 Å². The molecule has 1 unspecified atom stereocenters. The summed E-state index contributed by atoms with van der Waals surface area (Å²) in [5.74, 6) is 0. The first-order valence-corrected chi connectivity index (χ1v) is 3.50. The van der Waals surface area contributed by atoms with Crippen LogP contribution >= 0.6 is 0 Å². The van der Waals surface area contributed by atoms with Crippen molar-refractivity contribution < 1.29 is 9.50 Å². The van der Waals surface area contributed by atoms with Gasteiger partial charge < -0.3 is 5.11 Å². The Hall–Kier alpha value is -1.23. The van der Waals surface area contributed by atoms with Crippen LogP contribution in [0.4, 0.5) is 4.39 Å². The van der Waals surface area contributed by atoms with E-state index >= 15 is 0 Å². The molecule has 1 atom stereocenters. The second-order valence-corrected chi connectivity index (χ2v) is 2.35. The number of aromatic nitrogens is 2. The van der Waals surface area contributed by atoms with Crippen molar-refractivity contribution in [3.8, 4) is 0 Å². The number of hydrogen-bond donors (Lipinski definition) is 1. The molecule has 0 aromatic carbocycles. The molecular formula is C7H9FN2O2. The Labute approximate surface area is 68.3 Å². The predicted octanol–water partition coefficient (Wildman–Crippen LogP) is -0.426. The predicted molar refractivity (Wildman–Crippen MR) is 40.5 cm³/mol. The van der Waals surface area contributed by atoms with Crippen LogP contribution in [-0.2, 0) is 6.54 Å². The number of nitrogens with zero attached hydrogens (tertiary/aromatic N) is 2. The van der Waals surface area contributed by atoms with Gasteiger partial charge >= 0.3 is 0 Å². The van der Waals surface area contributed by atoms with Crippen molar-refractivity contribution in [2.24, 2.45) is 0 Å². The van der Waals surface area contributed by atoms with Crippen LogP contribution in [0.25, 0.3) is 0 Å². The van der Waals surface area contributed by atoms with Crippen molar-refractivity contribution in [2.45, 2.75) is 12.6 Å². The highest BCUT2D eigenvalue weighted by Crippen LogP contribution is 1.87. The van der Waals surface area contributed by atoms with Gasteiger partial charge in [0.1, 0.15) is 12.8 Å². The van der Waals surface area contributed by atoms with Gasteiger partial charge in [0, 0.05) is 12.3 Å². The summed E-state index contributed by atoms with van der Waals surface area (Å²) >= 11 is 0. The minimum absolute atomic E-state index is 0.101. The first-order valence-electron chi connectivity index (χ1n) is 3.50. The molecule has 0 fully saturated rings. The van der Waals surface area contributed by atoms with Crippen molar-refractivity contribution in [1.29, 1.82) is 0 Å². The molecule has 0 aliphatic carbocycles. The fraction of sp³-hybridized carbons (Fsp3) is 0.429. The maximum atomic E-state index is 11.8. The Morgan fingerprint density at radius 3 is 3.08 bits per heavy atom. The van der Waals surface area contributed by atoms with Gasteiger partial charge in [-0.2, -0.15) is 5.10 Å². The van der Waals surface area contributed by atoms with Crippen LogP contribution in [0, 0.1) is 0 Å². The van der Waals surface area contributed by atoms with Crippen LogP contribution in [0.3, 0.4) is 0 Å². The number of hydrogen-bond acceptors (Lipinski definition) is 3. The van der Waals surface area contributed by atoms with Crippen LogP contribution < -0.4 is 5.56 Å². The first kappa shape index (κ1) is 8.86. The second-order valence-electron chi connectivity index (χ2n) is 2.35. The van der Waals surface area contributed by atoms with Crippen molar-refractivity contribution in [2.75, 3.05) is 6.67 Å². The zero-order chi connectivity index (χ0) is 8.97. The molecule has 0 saturated heterocycles. The molecule has 0 bridgehead atoms. The van der Waals surface area contributed by atoms with Crippen LogP contribution in [0.1, 0.15) is 0 Å². The Morgan fingerprint density at radius 1 is 1.75 bits per heavy atom. The Morgan fingerprint density at radius 2 is 2.50 bits per heavy atom. The van der Waals surface area contributed by atoms with Gasteiger partial charge in [-0.15, -0.1) is 0 Å². The normalized spacial score (nSPS) is 12.8. The fourth-order valence-electron chi connectivity index (χ4n) is 0.773. The summed E-state index contributed by atoms with van der Waals surface area (Å²) in [5.41, 5.74) is -0.343. The van der Waals surface area contributed by atoms with E-state index in [1.165, 1.54) is 18.3 Å². The first-order chi connectivity index (χ1) is 5.74. The van der Waals surface area contributed by atoms with Crippen molar-refractivity contribution >= 4 is 0 Å². The molecule has 0 saturated carbocycles. The lowest BCUT2D eigenvalue weighted by Gasteiger charge is -2.06. The van der Waals surface area contributed by atoms with Crippen LogP contribution in [-0.4, -0.2) is 27.7 Å². The minimum atomic E-state index is -1.16. The van der Waals surface area contributed by atoms with Gasteiger partial charge in [0.15, 0.2) is 0 Å².